The van der Waals surface area contributed by atoms with E-state index < -0.39 is 5.54 Å². The van der Waals surface area contributed by atoms with Crippen LogP contribution >= 0.6 is 0 Å². The molecular weight excluding hydrogens is 182 g/mol. The lowest BCUT2D eigenvalue weighted by Gasteiger charge is -2.21. The lowest BCUT2D eigenvalue weighted by atomic mass is 9.98. The van der Waals surface area contributed by atoms with Gasteiger partial charge in [-0.2, -0.15) is 0 Å². The number of hydrogen-bond donors (Lipinski definition) is 1. The topological polar surface area (TPSA) is 61.5 Å². The fourth-order valence-corrected chi connectivity index (χ4v) is 1.08. The molecule has 0 amide bonds. The molecule has 0 aromatic rings. The zero-order valence-electron chi connectivity index (χ0n) is 9.34. The maximum atomic E-state index is 11.3. The van der Waals surface area contributed by atoms with E-state index in [2.05, 4.69) is 0 Å². The van der Waals surface area contributed by atoms with Crippen LogP contribution < -0.4 is 5.73 Å². The molecular formula is C10H21NO3. The van der Waals surface area contributed by atoms with Gasteiger partial charge in [0, 0.05) is 13.2 Å². The number of nitrogens with two attached hydrogens (primary N) is 1. The van der Waals surface area contributed by atoms with Crippen molar-refractivity contribution in [1.82, 2.24) is 0 Å². The second kappa shape index (κ2) is 6.79. The zero-order valence-corrected chi connectivity index (χ0v) is 9.34. The Labute approximate surface area is 85.8 Å². The Kier molecular flexibility index (Phi) is 6.49. The summed E-state index contributed by atoms with van der Waals surface area (Å²) in [5.41, 5.74) is 4.92. The molecule has 0 fully saturated rings. The molecule has 0 saturated carbocycles. The van der Waals surface area contributed by atoms with Gasteiger partial charge < -0.3 is 15.2 Å². The van der Waals surface area contributed by atoms with Crippen LogP contribution in [-0.2, 0) is 14.3 Å². The van der Waals surface area contributed by atoms with Crippen molar-refractivity contribution in [2.45, 2.75) is 39.2 Å². The number of carbonyl (C=O) groups excluding carboxylic acids is 1. The van der Waals surface area contributed by atoms with E-state index in [-0.39, 0.29) is 5.97 Å². The number of ether oxygens (including phenoxy) is 2. The lowest BCUT2D eigenvalue weighted by Crippen LogP contribution is -2.46. The average molecular weight is 203 g/mol. The van der Waals surface area contributed by atoms with E-state index in [1.165, 1.54) is 0 Å². The lowest BCUT2D eigenvalue weighted by molar-refractivity contribution is -0.149. The van der Waals surface area contributed by atoms with Crippen LogP contribution in [0.1, 0.15) is 33.6 Å². The summed E-state index contributed by atoms with van der Waals surface area (Å²) >= 11 is 0. The van der Waals surface area contributed by atoms with Gasteiger partial charge >= 0.3 is 5.97 Å². The van der Waals surface area contributed by atoms with Crippen molar-refractivity contribution in [3.05, 3.63) is 0 Å². The average Bonchev–Trinajstić information content (AvgIpc) is 2.13. The molecule has 14 heavy (non-hydrogen) atoms. The number of hydrogen-bond acceptors (Lipinski definition) is 4. The van der Waals surface area contributed by atoms with E-state index in [1.807, 2.05) is 6.92 Å². The van der Waals surface area contributed by atoms with Crippen LogP contribution in [0.4, 0.5) is 0 Å². The summed E-state index contributed by atoms with van der Waals surface area (Å²) in [6.45, 7) is 7.11. The van der Waals surface area contributed by atoms with Gasteiger partial charge in [0.05, 0.1) is 6.61 Å². The highest BCUT2D eigenvalue weighted by Crippen LogP contribution is 2.11. The Hall–Kier alpha value is -0.610. The van der Waals surface area contributed by atoms with Crippen LogP contribution in [0, 0.1) is 0 Å². The van der Waals surface area contributed by atoms with Crippen molar-refractivity contribution >= 4 is 5.97 Å². The molecule has 0 heterocycles. The van der Waals surface area contributed by atoms with Crippen molar-refractivity contribution in [1.29, 1.82) is 0 Å². The third-order valence-electron chi connectivity index (χ3n) is 1.93. The quantitative estimate of drug-likeness (QED) is 0.497. The smallest absolute Gasteiger partial charge is 0.325 e. The summed E-state index contributed by atoms with van der Waals surface area (Å²) in [7, 11) is 0. The van der Waals surface area contributed by atoms with Gasteiger partial charge in [-0.05, 0) is 33.6 Å². The molecule has 0 aliphatic rings. The Balaban J connectivity index is 3.76. The van der Waals surface area contributed by atoms with Gasteiger partial charge in [0.2, 0.25) is 0 Å². The highest BCUT2D eigenvalue weighted by molar-refractivity contribution is 5.79. The fourth-order valence-electron chi connectivity index (χ4n) is 1.08. The molecule has 4 heteroatoms. The molecule has 1 atom stereocenters. The van der Waals surface area contributed by atoms with Crippen LogP contribution in [0.5, 0.6) is 0 Å². The first-order valence-corrected chi connectivity index (χ1v) is 5.08. The van der Waals surface area contributed by atoms with Crippen molar-refractivity contribution in [2.75, 3.05) is 19.8 Å². The minimum Gasteiger partial charge on any atom is -0.465 e. The molecule has 0 aromatic carbocycles. The summed E-state index contributed by atoms with van der Waals surface area (Å²) in [6, 6.07) is 0. The molecule has 0 radical (unpaired) electrons. The highest BCUT2D eigenvalue weighted by Gasteiger charge is 2.28. The first-order valence-electron chi connectivity index (χ1n) is 5.08. The third kappa shape index (κ3) is 5.19. The van der Waals surface area contributed by atoms with E-state index >= 15 is 0 Å². The predicted octanol–water partition coefficient (Wildman–Crippen LogP) is 1.08. The molecule has 0 spiro atoms. The standard InChI is InChI=1S/C10H21NO3/c1-4-13-8-6-7-10(3,11)9(12)14-5-2/h4-8,11H2,1-3H3. The van der Waals surface area contributed by atoms with Crippen LogP contribution in [0.3, 0.4) is 0 Å². The molecule has 0 bridgehead atoms. The summed E-state index contributed by atoms with van der Waals surface area (Å²) in [5, 5.41) is 0. The Morgan fingerprint density at radius 3 is 2.50 bits per heavy atom. The molecule has 84 valence electrons. The van der Waals surface area contributed by atoms with Crippen LogP contribution in [0.15, 0.2) is 0 Å². The molecule has 0 aliphatic carbocycles. The maximum absolute atomic E-state index is 11.3. The van der Waals surface area contributed by atoms with Gasteiger partial charge in [-0.25, -0.2) is 0 Å². The van der Waals surface area contributed by atoms with Crippen molar-refractivity contribution in [3.63, 3.8) is 0 Å². The zero-order chi connectivity index (χ0) is 11.0. The number of carbonyl (C=O) groups is 1. The van der Waals surface area contributed by atoms with E-state index in [0.717, 1.165) is 6.42 Å². The fraction of sp³-hybridized carbons (Fsp3) is 0.900. The maximum Gasteiger partial charge on any atom is 0.325 e. The van der Waals surface area contributed by atoms with Gasteiger partial charge in [-0.1, -0.05) is 0 Å². The van der Waals surface area contributed by atoms with Gasteiger partial charge in [0.15, 0.2) is 0 Å². The van der Waals surface area contributed by atoms with Crippen LogP contribution in [0.25, 0.3) is 0 Å². The largest absolute Gasteiger partial charge is 0.465 e. The van der Waals surface area contributed by atoms with E-state index in [1.54, 1.807) is 13.8 Å². The SMILES string of the molecule is CCOCCCC(C)(N)C(=O)OCC. The van der Waals surface area contributed by atoms with E-state index in [0.29, 0.717) is 26.2 Å². The normalized spacial score (nSPS) is 14.9. The summed E-state index contributed by atoms with van der Waals surface area (Å²) in [5.74, 6) is -0.337. The molecule has 0 saturated heterocycles. The molecule has 0 aliphatic heterocycles. The minimum atomic E-state index is -0.882. The Bertz CT molecular complexity index is 169. The number of rotatable bonds is 7. The third-order valence-corrected chi connectivity index (χ3v) is 1.93. The second-order valence-corrected chi connectivity index (χ2v) is 3.44. The molecule has 0 aromatic heterocycles. The van der Waals surface area contributed by atoms with Gasteiger partial charge in [0.1, 0.15) is 5.54 Å². The van der Waals surface area contributed by atoms with Crippen LogP contribution in [-0.4, -0.2) is 31.3 Å². The van der Waals surface area contributed by atoms with Crippen molar-refractivity contribution in [3.8, 4) is 0 Å². The van der Waals surface area contributed by atoms with Gasteiger partial charge in [-0.3, -0.25) is 4.79 Å². The molecule has 1 unspecified atom stereocenters. The molecule has 0 rings (SSSR count). The first kappa shape index (κ1) is 13.4. The minimum absolute atomic E-state index is 0.337. The molecule has 4 nitrogen and oxygen atoms in total. The van der Waals surface area contributed by atoms with Crippen molar-refractivity contribution < 1.29 is 14.3 Å². The first-order chi connectivity index (χ1) is 6.54. The Morgan fingerprint density at radius 2 is 2.00 bits per heavy atom. The monoisotopic (exact) mass is 203 g/mol. The van der Waals surface area contributed by atoms with E-state index in [4.69, 9.17) is 15.2 Å². The van der Waals surface area contributed by atoms with Crippen LogP contribution in [0.2, 0.25) is 0 Å². The van der Waals surface area contributed by atoms with Crippen molar-refractivity contribution in [2.24, 2.45) is 5.73 Å². The summed E-state index contributed by atoms with van der Waals surface area (Å²) in [4.78, 5) is 11.3. The summed E-state index contributed by atoms with van der Waals surface area (Å²) < 4.78 is 10.0. The van der Waals surface area contributed by atoms with E-state index in [9.17, 15) is 4.79 Å². The Morgan fingerprint density at radius 1 is 1.36 bits per heavy atom. The molecule has 2 N–H and O–H groups in total. The second-order valence-electron chi connectivity index (χ2n) is 3.44. The highest BCUT2D eigenvalue weighted by atomic mass is 16.5. The van der Waals surface area contributed by atoms with Gasteiger partial charge in [0.25, 0.3) is 0 Å². The summed E-state index contributed by atoms with van der Waals surface area (Å²) in [6.07, 6.45) is 1.37. The predicted molar refractivity (Wildman–Crippen MR) is 55.0 cm³/mol. The number of esters is 1. The van der Waals surface area contributed by atoms with Gasteiger partial charge in [-0.15, -0.1) is 0 Å².